The minimum atomic E-state index is -3.71. The Morgan fingerprint density at radius 1 is 1.04 bits per heavy atom. The van der Waals surface area contributed by atoms with Gasteiger partial charge in [0.25, 0.3) is 15.9 Å². The van der Waals surface area contributed by atoms with E-state index in [0.717, 1.165) is 16.9 Å². The maximum absolute atomic E-state index is 12.2. The molecule has 1 heterocycles. The molecule has 3 N–H and O–H groups in total. The lowest BCUT2D eigenvalue weighted by atomic mass is 10.1. The predicted molar refractivity (Wildman–Crippen MR) is 106 cm³/mol. The fourth-order valence-corrected chi connectivity index (χ4v) is 4.51. The first kappa shape index (κ1) is 18.9. The van der Waals surface area contributed by atoms with Crippen molar-refractivity contribution >= 4 is 33.0 Å². The second kappa shape index (κ2) is 8.24. The summed E-state index contributed by atoms with van der Waals surface area (Å²) < 4.78 is 27.0. The van der Waals surface area contributed by atoms with Crippen molar-refractivity contribution in [3.8, 4) is 5.75 Å². The third kappa shape index (κ3) is 4.87. The molecule has 0 aliphatic heterocycles. The fourth-order valence-electron chi connectivity index (χ4n) is 2.47. The van der Waals surface area contributed by atoms with E-state index in [2.05, 4.69) is 10.0 Å². The lowest BCUT2D eigenvalue weighted by Gasteiger charge is -2.10. The van der Waals surface area contributed by atoms with Crippen LogP contribution in [0.3, 0.4) is 0 Å². The number of sulfonamides is 1. The lowest BCUT2D eigenvalue weighted by molar-refractivity contribution is 0.0951. The van der Waals surface area contributed by atoms with Gasteiger partial charge in [0.2, 0.25) is 0 Å². The van der Waals surface area contributed by atoms with Crippen LogP contribution in [-0.2, 0) is 16.4 Å². The zero-order chi connectivity index (χ0) is 19.3. The summed E-state index contributed by atoms with van der Waals surface area (Å²) in [5, 5.41) is 14.5. The van der Waals surface area contributed by atoms with Gasteiger partial charge < -0.3 is 10.4 Å². The summed E-state index contributed by atoms with van der Waals surface area (Å²) in [6.45, 7) is 0.426. The van der Waals surface area contributed by atoms with E-state index in [1.54, 1.807) is 11.4 Å². The number of carbonyl (C=O) groups is 1. The molecule has 0 aliphatic carbocycles. The van der Waals surface area contributed by atoms with Crippen molar-refractivity contribution in [3.63, 3.8) is 0 Å². The first-order chi connectivity index (χ1) is 13.0. The van der Waals surface area contributed by atoms with Crippen LogP contribution in [-0.4, -0.2) is 26.0 Å². The van der Waals surface area contributed by atoms with Gasteiger partial charge in [0.15, 0.2) is 0 Å². The molecule has 0 aliphatic rings. The van der Waals surface area contributed by atoms with Gasteiger partial charge >= 0.3 is 0 Å². The summed E-state index contributed by atoms with van der Waals surface area (Å²) in [5.41, 5.74) is 1.37. The van der Waals surface area contributed by atoms with E-state index in [-0.39, 0.29) is 21.2 Å². The average Bonchev–Trinajstić information content (AvgIpc) is 3.18. The molecule has 140 valence electrons. The Balaban J connectivity index is 1.63. The molecule has 1 amide bonds. The third-order valence-electron chi connectivity index (χ3n) is 3.80. The van der Waals surface area contributed by atoms with Gasteiger partial charge in [0.05, 0.1) is 11.3 Å². The summed E-state index contributed by atoms with van der Waals surface area (Å²) >= 11 is 1.09. The Labute approximate surface area is 161 Å². The molecule has 3 rings (SSSR count). The van der Waals surface area contributed by atoms with Crippen LogP contribution in [0.1, 0.15) is 15.9 Å². The highest BCUT2D eigenvalue weighted by atomic mass is 32.2. The molecule has 0 saturated heterocycles. The average molecular weight is 402 g/mol. The van der Waals surface area contributed by atoms with E-state index in [1.807, 2.05) is 30.3 Å². The van der Waals surface area contributed by atoms with Gasteiger partial charge in [-0.2, -0.15) is 0 Å². The van der Waals surface area contributed by atoms with E-state index in [9.17, 15) is 18.3 Å². The van der Waals surface area contributed by atoms with Gasteiger partial charge in [-0.05, 0) is 35.6 Å². The molecule has 0 radical (unpaired) electrons. The highest BCUT2D eigenvalue weighted by Crippen LogP contribution is 2.25. The number of phenols is 1. The Bertz CT molecular complexity index is 1020. The summed E-state index contributed by atoms with van der Waals surface area (Å²) in [4.78, 5) is 12.2. The van der Waals surface area contributed by atoms with Crippen LogP contribution >= 0.6 is 11.3 Å². The maximum atomic E-state index is 12.2. The number of carbonyl (C=O) groups excluding carboxylic acids is 1. The summed E-state index contributed by atoms with van der Waals surface area (Å²) in [6, 6.07) is 16.9. The van der Waals surface area contributed by atoms with Crippen LogP contribution in [0, 0.1) is 0 Å². The Kier molecular flexibility index (Phi) is 5.78. The number of thiophene rings is 1. The maximum Gasteiger partial charge on any atom is 0.271 e. The second-order valence-corrected chi connectivity index (χ2v) is 8.62. The third-order valence-corrected chi connectivity index (χ3v) is 6.58. The van der Waals surface area contributed by atoms with Gasteiger partial charge in [-0.3, -0.25) is 9.52 Å². The van der Waals surface area contributed by atoms with E-state index in [4.69, 9.17) is 0 Å². The molecule has 27 heavy (non-hydrogen) atoms. The topological polar surface area (TPSA) is 95.5 Å². The van der Waals surface area contributed by atoms with Crippen molar-refractivity contribution in [2.75, 3.05) is 11.3 Å². The largest absolute Gasteiger partial charge is 0.507 e. The molecule has 0 atom stereocenters. The number of hydrogen-bond donors (Lipinski definition) is 3. The molecule has 3 aromatic rings. The van der Waals surface area contributed by atoms with E-state index >= 15 is 0 Å². The zero-order valence-electron chi connectivity index (χ0n) is 14.3. The molecule has 0 unspecified atom stereocenters. The number of benzene rings is 2. The normalized spacial score (nSPS) is 11.1. The van der Waals surface area contributed by atoms with Crippen molar-refractivity contribution in [3.05, 3.63) is 77.2 Å². The highest BCUT2D eigenvalue weighted by Gasteiger charge is 2.17. The summed E-state index contributed by atoms with van der Waals surface area (Å²) in [5.74, 6) is -0.713. The van der Waals surface area contributed by atoms with Gasteiger partial charge in [-0.15, -0.1) is 11.3 Å². The quantitative estimate of drug-likeness (QED) is 0.565. The van der Waals surface area contributed by atoms with Crippen LogP contribution in [0.2, 0.25) is 0 Å². The van der Waals surface area contributed by atoms with Crippen molar-refractivity contribution in [1.82, 2.24) is 5.32 Å². The van der Waals surface area contributed by atoms with Crippen LogP contribution in [0.4, 0.5) is 5.69 Å². The van der Waals surface area contributed by atoms with Crippen LogP contribution in [0.25, 0.3) is 0 Å². The van der Waals surface area contributed by atoms with E-state index < -0.39 is 15.9 Å². The number of amides is 1. The number of hydrogen-bond acceptors (Lipinski definition) is 5. The smallest absolute Gasteiger partial charge is 0.271 e. The first-order valence-corrected chi connectivity index (χ1v) is 10.5. The molecule has 0 fully saturated rings. The molecule has 0 saturated carbocycles. The number of rotatable bonds is 7. The molecule has 0 spiro atoms. The molecule has 0 bridgehead atoms. The van der Waals surface area contributed by atoms with Gasteiger partial charge in [-0.1, -0.05) is 36.4 Å². The first-order valence-electron chi connectivity index (χ1n) is 8.17. The summed E-state index contributed by atoms with van der Waals surface area (Å²) in [6.07, 6.45) is 0.673. The molecule has 8 heteroatoms. The van der Waals surface area contributed by atoms with Gasteiger partial charge in [0, 0.05) is 12.6 Å². The molecule has 6 nitrogen and oxygen atoms in total. The second-order valence-electron chi connectivity index (χ2n) is 5.76. The van der Waals surface area contributed by atoms with Crippen molar-refractivity contribution < 1.29 is 18.3 Å². The number of aromatic hydroxyl groups is 1. The van der Waals surface area contributed by atoms with Crippen LogP contribution in [0.15, 0.2) is 70.3 Å². The monoisotopic (exact) mass is 402 g/mol. The van der Waals surface area contributed by atoms with Gasteiger partial charge in [-0.25, -0.2) is 8.42 Å². The summed E-state index contributed by atoms with van der Waals surface area (Å²) in [7, 11) is -3.71. The van der Waals surface area contributed by atoms with Crippen LogP contribution in [0.5, 0.6) is 5.75 Å². The predicted octanol–water partition coefficient (Wildman–Crippen LogP) is 3.23. The molecule has 2 aromatic carbocycles. The number of nitrogens with one attached hydrogen (secondary N) is 2. The number of phenolic OH excluding ortho intramolecular Hbond substituents is 1. The zero-order valence-corrected chi connectivity index (χ0v) is 15.9. The Morgan fingerprint density at radius 2 is 1.81 bits per heavy atom. The van der Waals surface area contributed by atoms with Crippen molar-refractivity contribution in [2.24, 2.45) is 0 Å². The minimum Gasteiger partial charge on any atom is -0.507 e. The SMILES string of the molecule is O=C(NCCc1ccccc1)c1ccc(NS(=O)(=O)c2cccs2)cc1O. The minimum absolute atomic E-state index is 0.0853. The standard InChI is InChI=1S/C19H18N2O4S2/c22-17-13-15(21-27(24,25)18-7-4-12-26-18)8-9-16(17)19(23)20-11-10-14-5-2-1-3-6-14/h1-9,12-13,21-22H,10-11H2,(H,20,23). The van der Waals surface area contributed by atoms with Crippen molar-refractivity contribution in [2.45, 2.75) is 10.6 Å². The van der Waals surface area contributed by atoms with Gasteiger partial charge in [0.1, 0.15) is 9.96 Å². The Hall–Kier alpha value is -2.84. The van der Waals surface area contributed by atoms with Crippen molar-refractivity contribution in [1.29, 1.82) is 0 Å². The lowest BCUT2D eigenvalue weighted by Crippen LogP contribution is -2.25. The molecule has 1 aromatic heterocycles. The fraction of sp³-hybridized carbons (Fsp3) is 0.105. The highest BCUT2D eigenvalue weighted by molar-refractivity contribution is 7.94. The molecular formula is C19H18N2O4S2. The molecular weight excluding hydrogens is 384 g/mol. The van der Waals surface area contributed by atoms with Crippen LogP contribution < -0.4 is 10.0 Å². The van der Waals surface area contributed by atoms with E-state index in [0.29, 0.717) is 13.0 Å². The van der Waals surface area contributed by atoms with E-state index in [1.165, 1.54) is 24.3 Å². The number of anilines is 1. The Morgan fingerprint density at radius 3 is 2.48 bits per heavy atom.